The molecule has 1 aromatic heterocycles. The van der Waals surface area contributed by atoms with E-state index in [9.17, 15) is 4.79 Å². The van der Waals surface area contributed by atoms with Crippen LogP contribution in [-0.4, -0.2) is 39.1 Å². The van der Waals surface area contributed by atoms with Crippen molar-refractivity contribution in [3.05, 3.63) is 30.0 Å². The smallest absolute Gasteiger partial charge is 0.265 e. The number of nitrogen functional groups attached to an aromatic ring is 1. The second kappa shape index (κ2) is 7.06. The van der Waals surface area contributed by atoms with Crippen molar-refractivity contribution in [3.8, 4) is 0 Å². The summed E-state index contributed by atoms with van der Waals surface area (Å²) in [6.07, 6.45) is 0. The number of nitrogens with zero attached hydrogens (tertiary/aromatic N) is 4. The van der Waals surface area contributed by atoms with Crippen LogP contribution in [-0.2, 0) is 9.63 Å². The van der Waals surface area contributed by atoms with Gasteiger partial charge in [0.05, 0.1) is 5.69 Å². The molecule has 0 aliphatic heterocycles. The molecule has 122 valence electrons. The van der Waals surface area contributed by atoms with Gasteiger partial charge in [-0.3, -0.25) is 15.2 Å². The van der Waals surface area contributed by atoms with Gasteiger partial charge >= 0.3 is 0 Å². The van der Waals surface area contributed by atoms with Gasteiger partial charge in [0, 0.05) is 5.69 Å². The van der Waals surface area contributed by atoms with Crippen molar-refractivity contribution >= 4 is 28.9 Å². The van der Waals surface area contributed by atoms with E-state index in [4.69, 9.17) is 26.7 Å². The molecule has 0 fully saturated rings. The predicted octanol–water partition coefficient (Wildman–Crippen LogP) is -0.488. The highest BCUT2D eigenvalue weighted by molar-refractivity contribution is 5.98. The molecule has 0 saturated heterocycles. The number of nitrogens with two attached hydrogens (primary N) is 2. The summed E-state index contributed by atoms with van der Waals surface area (Å²) in [4.78, 5) is 16.4. The Labute approximate surface area is 128 Å². The number of amidine groups is 1. The summed E-state index contributed by atoms with van der Waals surface area (Å²) in [7, 11) is 0. The molecule has 1 amide bonds. The Morgan fingerprint density at radius 2 is 2.04 bits per heavy atom. The molecule has 0 unspecified atom stereocenters. The number of amides is 1. The van der Waals surface area contributed by atoms with Crippen molar-refractivity contribution in [1.29, 1.82) is 0 Å². The van der Waals surface area contributed by atoms with E-state index >= 15 is 0 Å². The third kappa shape index (κ3) is 4.29. The zero-order valence-corrected chi connectivity index (χ0v) is 11.6. The van der Waals surface area contributed by atoms with Crippen LogP contribution in [0.25, 0.3) is 0 Å². The number of benzene rings is 1. The molecular formula is C11H13N7O5. The lowest BCUT2D eigenvalue weighted by Gasteiger charge is -2.09. The van der Waals surface area contributed by atoms with Crippen LogP contribution in [0.15, 0.2) is 34.1 Å². The molecule has 0 aliphatic carbocycles. The van der Waals surface area contributed by atoms with Gasteiger partial charge in [-0.25, -0.2) is 4.63 Å². The lowest BCUT2D eigenvalue weighted by atomic mass is 10.3. The molecule has 12 nitrogen and oxygen atoms in total. The van der Waals surface area contributed by atoms with Gasteiger partial charge in [-0.1, -0.05) is 5.16 Å². The number of aromatic nitrogens is 2. The minimum Gasteiger partial charge on any atom is -0.384 e. The first-order valence-electron chi connectivity index (χ1n) is 6.09. The zero-order chi connectivity index (χ0) is 16.8. The second-order valence-electron chi connectivity index (χ2n) is 4.13. The number of oxime groups is 1. The Morgan fingerprint density at radius 3 is 2.61 bits per heavy atom. The largest absolute Gasteiger partial charge is 0.384 e. The van der Waals surface area contributed by atoms with Crippen LogP contribution in [0.5, 0.6) is 0 Å². The third-order valence-corrected chi connectivity index (χ3v) is 2.50. The highest BCUT2D eigenvalue weighted by Gasteiger charge is 2.11. The van der Waals surface area contributed by atoms with E-state index in [0.717, 1.165) is 0 Å². The van der Waals surface area contributed by atoms with Gasteiger partial charge in [0.25, 0.3) is 5.91 Å². The van der Waals surface area contributed by atoms with Crippen molar-refractivity contribution in [3.63, 3.8) is 0 Å². The van der Waals surface area contributed by atoms with Crippen LogP contribution in [0.2, 0.25) is 0 Å². The molecule has 12 heteroatoms. The highest BCUT2D eigenvalue weighted by atomic mass is 16.8. The molecule has 23 heavy (non-hydrogen) atoms. The van der Waals surface area contributed by atoms with Gasteiger partial charge in [0.2, 0.25) is 0 Å². The maximum absolute atomic E-state index is 11.6. The number of anilines is 3. The SMILES string of the molecule is N/C(=N\OCC(=O)Nc1ccc(N(O)O)cc1)c1nonc1N. The highest BCUT2D eigenvalue weighted by Crippen LogP contribution is 2.15. The lowest BCUT2D eigenvalue weighted by Crippen LogP contribution is -2.20. The molecule has 2 aromatic rings. The topological polar surface area (TPSA) is 185 Å². The minimum absolute atomic E-state index is 0.0126. The first kappa shape index (κ1) is 16.0. The molecule has 1 heterocycles. The molecular weight excluding hydrogens is 310 g/mol. The van der Waals surface area contributed by atoms with E-state index in [1.807, 2.05) is 0 Å². The average Bonchev–Trinajstić information content (AvgIpc) is 2.94. The number of hydrogen-bond acceptors (Lipinski definition) is 10. The number of carbonyl (C=O) groups is 1. The molecule has 0 spiro atoms. The number of hydrogen-bond donors (Lipinski definition) is 5. The monoisotopic (exact) mass is 323 g/mol. The van der Waals surface area contributed by atoms with E-state index in [1.54, 1.807) is 0 Å². The van der Waals surface area contributed by atoms with E-state index in [1.165, 1.54) is 24.3 Å². The fourth-order valence-electron chi connectivity index (χ4n) is 1.45. The van der Waals surface area contributed by atoms with Gasteiger partial charge in [0.1, 0.15) is 0 Å². The van der Waals surface area contributed by atoms with Crippen molar-refractivity contribution in [2.75, 3.05) is 22.9 Å². The number of nitrogens with one attached hydrogen (secondary N) is 1. The predicted molar refractivity (Wildman–Crippen MR) is 76.5 cm³/mol. The van der Waals surface area contributed by atoms with Crippen LogP contribution in [0.3, 0.4) is 0 Å². The van der Waals surface area contributed by atoms with Gasteiger partial charge in [-0.05, 0) is 34.6 Å². The quantitative estimate of drug-likeness (QED) is 0.264. The average molecular weight is 323 g/mol. The first-order chi connectivity index (χ1) is 11.0. The van der Waals surface area contributed by atoms with Gasteiger partial charge in [-0.2, -0.15) is 0 Å². The summed E-state index contributed by atoms with van der Waals surface area (Å²) in [6, 6.07) is 5.69. The number of rotatable bonds is 6. The third-order valence-electron chi connectivity index (χ3n) is 2.50. The molecule has 0 aliphatic rings. The van der Waals surface area contributed by atoms with Crippen LogP contribution >= 0.6 is 0 Å². The molecule has 0 bridgehead atoms. The fourth-order valence-corrected chi connectivity index (χ4v) is 1.45. The molecule has 7 N–H and O–H groups in total. The minimum atomic E-state index is -0.509. The normalized spacial score (nSPS) is 11.1. The van der Waals surface area contributed by atoms with Crippen LogP contribution in [0.1, 0.15) is 5.69 Å². The zero-order valence-electron chi connectivity index (χ0n) is 11.6. The van der Waals surface area contributed by atoms with Crippen LogP contribution in [0, 0.1) is 0 Å². The molecule has 1 aromatic carbocycles. The first-order valence-corrected chi connectivity index (χ1v) is 6.09. The molecule has 0 saturated carbocycles. The van der Waals surface area contributed by atoms with Crippen molar-refractivity contribution < 1.29 is 24.7 Å². The summed E-state index contributed by atoms with van der Waals surface area (Å²) in [5.74, 6) is -0.751. The van der Waals surface area contributed by atoms with Gasteiger partial charge in [-0.15, -0.1) is 5.23 Å². The van der Waals surface area contributed by atoms with E-state index < -0.39 is 12.5 Å². The van der Waals surface area contributed by atoms with Crippen molar-refractivity contribution in [2.45, 2.75) is 0 Å². The summed E-state index contributed by atoms with van der Waals surface area (Å²) >= 11 is 0. The summed E-state index contributed by atoms with van der Waals surface area (Å²) in [6.45, 7) is -0.417. The Kier molecular flexibility index (Phi) is 4.91. The summed E-state index contributed by atoms with van der Waals surface area (Å²) < 4.78 is 4.34. The summed E-state index contributed by atoms with van der Waals surface area (Å²) in [5.41, 5.74) is 11.5. The molecule has 0 radical (unpaired) electrons. The fraction of sp³-hybridized carbons (Fsp3) is 0.0909. The summed E-state index contributed by atoms with van der Waals surface area (Å²) in [5, 5.41) is 30.2. The molecule has 2 rings (SSSR count). The van der Waals surface area contributed by atoms with Gasteiger partial charge < -0.3 is 21.6 Å². The van der Waals surface area contributed by atoms with Crippen molar-refractivity contribution in [1.82, 2.24) is 10.3 Å². The van der Waals surface area contributed by atoms with Gasteiger partial charge in [0.15, 0.2) is 24.0 Å². The standard InChI is InChI=1S/C11H13N7O5/c12-10(9-11(13)17-23-15-9)16-22-5-8(19)14-6-1-3-7(4-2-6)18(20)21/h1-4,20-21H,5H2,(H2,12,16)(H2,13,17)(H,14,19). The second-order valence-corrected chi connectivity index (χ2v) is 4.13. The Hall–Kier alpha value is -3.38. The number of carbonyl (C=O) groups excluding carboxylic acids is 1. The Balaban J connectivity index is 1.84. The van der Waals surface area contributed by atoms with Crippen LogP contribution in [0.4, 0.5) is 17.2 Å². The lowest BCUT2D eigenvalue weighted by molar-refractivity contribution is -0.120. The van der Waals surface area contributed by atoms with E-state index in [0.29, 0.717) is 5.69 Å². The maximum atomic E-state index is 11.6. The van der Waals surface area contributed by atoms with Crippen LogP contribution < -0.4 is 22.0 Å². The van der Waals surface area contributed by atoms with E-state index in [2.05, 4.69) is 25.4 Å². The van der Waals surface area contributed by atoms with Crippen molar-refractivity contribution in [2.24, 2.45) is 10.9 Å². The maximum Gasteiger partial charge on any atom is 0.265 e. The van der Waals surface area contributed by atoms with E-state index in [-0.39, 0.29) is 28.3 Å². The Morgan fingerprint density at radius 1 is 1.35 bits per heavy atom. The molecule has 0 atom stereocenters. The Bertz CT molecular complexity index is 697.